The molecule has 2 aromatic carbocycles. The molecule has 1 aromatic heterocycles. The van der Waals surface area contributed by atoms with E-state index < -0.39 is 0 Å². The van der Waals surface area contributed by atoms with E-state index in [2.05, 4.69) is 26.2 Å². The summed E-state index contributed by atoms with van der Waals surface area (Å²) >= 11 is 0. The van der Waals surface area contributed by atoms with Gasteiger partial charge in [-0.15, -0.1) is 0 Å². The maximum atomic E-state index is 13.2. The van der Waals surface area contributed by atoms with Crippen LogP contribution in [0.5, 0.6) is 5.75 Å². The molecule has 1 fully saturated rings. The Morgan fingerprint density at radius 2 is 1.97 bits per heavy atom. The van der Waals surface area contributed by atoms with Gasteiger partial charge in [-0.2, -0.15) is 4.98 Å². The van der Waals surface area contributed by atoms with Crippen molar-refractivity contribution in [1.29, 1.82) is 0 Å². The number of piperidine rings is 1. The van der Waals surface area contributed by atoms with Gasteiger partial charge in [-0.1, -0.05) is 12.1 Å². The first-order valence-electron chi connectivity index (χ1n) is 12.0. The van der Waals surface area contributed by atoms with Crippen molar-refractivity contribution in [1.82, 2.24) is 9.97 Å². The van der Waals surface area contributed by atoms with Crippen molar-refractivity contribution >= 4 is 40.4 Å². The molecule has 6 rings (SSSR count). The summed E-state index contributed by atoms with van der Waals surface area (Å²) in [5, 5.41) is 13.1. The lowest BCUT2D eigenvalue weighted by Gasteiger charge is -2.31. The van der Waals surface area contributed by atoms with Crippen LogP contribution >= 0.6 is 0 Å². The highest BCUT2D eigenvalue weighted by molar-refractivity contribution is 6.14. The van der Waals surface area contributed by atoms with Crippen LogP contribution in [0.15, 0.2) is 42.6 Å². The molecule has 0 saturated carbocycles. The zero-order valence-electron chi connectivity index (χ0n) is 19.9. The normalized spacial score (nSPS) is 17.2. The highest BCUT2D eigenvalue weighted by Crippen LogP contribution is 2.44. The van der Waals surface area contributed by atoms with Crippen molar-refractivity contribution in [2.75, 3.05) is 53.8 Å². The van der Waals surface area contributed by atoms with Crippen LogP contribution in [0.25, 0.3) is 0 Å². The van der Waals surface area contributed by atoms with E-state index in [1.165, 1.54) is 0 Å². The second-order valence-electron chi connectivity index (χ2n) is 9.21. The quantitative estimate of drug-likeness (QED) is 0.596. The monoisotopic (exact) mass is 472 g/mol. The molecule has 3 aromatic rings. The molecule has 9 nitrogen and oxygen atoms in total. The summed E-state index contributed by atoms with van der Waals surface area (Å²) in [4.78, 5) is 28.5. The predicted molar refractivity (Wildman–Crippen MR) is 136 cm³/mol. The van der Waals surface area contributed by atoms with E-state index in [-0.39, 0.29) is 12.0 Å². The Hall–Kier alpha value is -3.85. The number of aliphatic hydroxyl groups is 1. The van der Waals surface area contributed by atoms with Gasteiger partial charge in [0.1, 0.15) is 11.4 Å². The van der Waals surface area contributed by atoms with E-state index in [1.807, 2.05) is 30.3 Å². The minimum atomic E-state index is -0.215. The molecule has 0 atom stereocenters. The van der Waals surface area contributed by atoms with Crippen LogP contribution in [-0.4, -0.2) is 60.9 Å². The molecule has 35 heavy (non-hydrogen) atoms. The lowest BCUT2D eigenvalue weighted by molar-refractivity contribution is 0.0994. The Labute approximate surface area is 204 Å². The molecule has 0 unspecified atom stereocenters. The fourth-order valence-corrected chi connectivity index (χ4v) is 5.22. The number of aliphatic hydroxyl groups excluding tert-OH is 1. The number of hydrogen-bond acceptors (Lipinski definition) is 8. The number of methoxy groups -OCH3 is 1. The summed E-state index contributed by atoms with van der Waals surface area (Å²) in [6, 6.07) is 11.9. The molecule has 180 valence electrons. The third-order valence-electron chi connectivity index (χ3n) is 7.16. The largest absolute Gasteiger partial charge is 0.494 e. The number of nitrogens with one attached hydrogen (secondary N) is 1. The highest BCUT2D eigenvalue weighted by atomic mass is 16.5. The maximum Gasteiger partial charge on any atom is 0.260 e. The van der Waals surface area contributed by atoms with Crippen LogP contribution in [0, 0.1) is 0 Å². The zero-order valence-corrected chi connectivity index (χ0v) is 19.9. The highest BCUT2D eigenvalue weighted by Gasteiger charge is 2.35. The third-order valence-corrected chi connectivity index (χ3v) is 7.16. The van der Waals surface area contributed by atoms with Gasteiger partial charge in [-0.05, 0) is 43.0 Å². The van der Waals surface area contributed by atoms with Gasteiger partial charge in [0.25, 0.3) is 5.91 Å². The van der Waals surface area contributed by atoms with Crippen LogP contribution in [0.4, 0.5) is 34.5 Å². The number of fused-ring (bicyclic) bond motifs is 2. The zero-order chi connectivity index (χ0) is 24.1. The molecule has 0 aliphatic carbocycles. The molecule has 4 heterocycles. The van der Waals surface area contributed by atoms with Gasteiger partial charge in [-0.25, -0.2) is 4.98 Å². The van der Waals surface area contributed by atoms with E-state index in [4.69, 9.17) is 9.72 Å². The average Bonchev–Trinajstić information content (AvgIpc) is 3.29. The van der Waals surface area contributed by atoms with Gasteiger partial charge in [0.15, 0.2) is 5.82 Å². The summed E-state index contributed by atoms with van der Waals surface area (Å²) in [6.45, 7) is 2.40. The Kier molecular flexibility index (Phi) is 5.21. The van der Waals surface area contributed by atoms with Crippen molar-refractivity contribution in [2.24, 2.45) is 0 Å². The standard InChI is InChI=1S/C26H28N6O3/c1-30-21-15-27-26(29-24(21)32-13-8-16-4-3-5-19(23(16)32)25(30)34)28-20-7-6-17(14-22(20)35-2)31-11-9-18(33)10-12-31/h3-7,14-15,18,33H,8-13H2,1-2H3,(H,27,28,29). The first-order valence-corrected chi connectivity index (χ1v) is 12.0. The van der Waals surface area contributed by atoms with Crippen LogP contribution in [0.2, 0.25) is 0 Å². The predicted octanol–water partition coefficient (Wildman–Crippen LogP) is 3.47. The molecular weight excluding hydrogens is 444 g/mol. The number of anilines is 6. The number of carbonyl (C=O) groups excluding carboxylic acids is 1. The number of carbonyl (C=O) groups is 1. The summed E-state index contributed by atoms with van der Waals surface area (Å²) in [6.07, 6.45) is 3.89. The fraction of sp³-hybridized carbons (Fsp3) is 0.346. The van der Waals surface area contributed by atoms with E-state index >= 15 is 0 Å². The number of rotatable bonds is 4. The van der Waals surface area contributed by atoms with Crippen LogP contribution in [0.1, 0.15) is 28.8 Å². The Morgan fingerprint density at radius 1 is 1.14 bits per heavy atom. The van der Waals surface area contributed by atoms with Crippen molar-refractivity contribution in [3.8, 4) is 5.75 Å². The van der Waals surface area contributed by atoms with E-state index in [0.29, 0.717) is 28.8 Å². The molecule has 1 amide bonds. The average molecular weight is 473 g/mol. The minimum Gasteiger partial charge on any atom is -0.494 e. The second kappa shape index (κ2) is 8.42. The number of ether oxygens (including phenoxy) is 1. The topological polar surface area (TPSA) is 94.1 Å². The lowest BCUT2D eigenvalue weighted by atomic mass is 10.1. The molecule has 0 radical (unpaired) electrons. The summed E-state index contributed by atoms with van der Waals surface area (Å²) in [5.41, 5.74) is 5.29. The molecule has 1 saturated heterocycles. The third kappa shape index (κ3) is 3.63. The Balaban J connectivity index is 1.33. The molecule has 0 spiro atoms. The van der Waals surface area contributed by atoms with Crippen molar-refractivity contribution in [3.63, 3.8) is 0 Å². The van der Waals surface area contributed by atoms with E-state index in [9.17, 15) is 9.90 Å². The summed E-state index contributed by atoms with van der Waals surface area (Å²) in [7, 11) is 3.41. The van der Waals surface area contributed by atoms with Gasteiger partial charge in [-0.3, -0.25) is 4.79 Å². The van der Waals surface area contributed by atoms with Gasteiger partial charge in [0, 0.05) is 38.4 Å². The molecule has 3 aliphatic heterocycles. The molecule has 3 aliphatic rings. The summed E-state index contributed by atoms with van der Waals surface area (Å²) in [5.74, 6) is 1.78. The van der Waals surface area contributed by atoms with Gasteiger partial charge in [0.05, 0.1) is 36.3 Å². The lowest BCUT2D eigenvalue weighted by Crippen LogP contribution is -2.35. The number of hydrogen-bond donors (Lipinski definition) is 2. The van der Waals surface area contributed by atoms with E-state index in [1.54, 1.807) is 25.3 Å². The maximum absolute atomic E-state index is 13.2. The first kappa shape index (κ1) is 21.7. The summed E-state index contributed by atoms with van der Waals surface area (Å²) < 4.78 is 5.67. The SMILES string of the molecule is COc1cc(N2CCC(O)CC2)ccc1Nc1ncc2c(n1)N1CCc3cccc(c31)C(=O)N2C. The second-order valence-corrected chi connectivity index (χ2v) is 9.21. The van der Waals surface area contributed by atoms with Crippen LogP contribution in [0.3, 0.4) is 0 Å². The molecular formula is C26H28N6O3. The number of aromatic nitrogens is 2. The van der Waals surface area contributed by atoms with Crippen molar-refractivity contribution in [3.05, 3.63) is 53.7 Å². The van der Waals surface area contributed by atoms with Gasteiger partial charge < -0.3 is 29.9 Å². The first-order chi connectivity index (χ1) is 17.0. The Morgan fingerprint density at radius 3 is 2.77 bits per heavy atom. The smallest absolute Gasteiger partial charge is 0.260 e. The minimum absolute atomic E-state index is 0.0562. The number of amides is 1. The van der Waals surface area contributed by atoms with Crippen LogP contribution < -0.4 is 24.8 Å². The number of benzene rings is 2. The van der Waals surface area contributed by atoms with Crippen LogP contribution in [-0.2, 0) is 6.42 Å². The number of para-hydroxylation sites is 1. The fourth-order valence-electron chi connectivity index (χ4n) is 5.22. The number of nitrogens with zero attached hydrogens (tertiary/aromatic N) is 5. The van der Waals surface area contributed by atoms with E-state index in [0.717, 1.165) is 61.5 Å². The Bertz CT molecular complexity index is 1300. The molecule has 9 heteroatoms. The molecule has 0 bridgehead atoms. The van der Waals surface area contributed by atoms with Crippen molar-refractivity contribution in [2.45, 2.75) is 25.4 Å². The molecule has 2 N–H and O–H groups in total. The van der Waals surface area contributed by atoms with Gasteiger partial charge in [0.2, 0.25) is 5.95 Å². The van der Waals surface area contributed by atoms with Crippen molar-refractivity contribution < 1.29 is 14.6 Å². The van der Waals surface area contributed by atoms with Gasteiger partial charge >= 0.3 is 0 Å².